The molecule has 154 valence electrons. The van der Waals surface area contributed by atoms with Crippen molar-refractivity contribution in [3.05, 3.63) is 36.0 Å². The number of carbonyl (C=O) groups is 3. The van der Waals surface area contributed by atoms with Crippen LogP contribution in [0.2, 0.25) is 0 Å². The number of hydrogen-bond acceptors (Lipinski definition) is 6. The molecule has 0 saturated carbocycles. The number of carbonyl (C=O) groups excluding carboxylic acids is 3. The first-order valence-electron chi connectivity index (χ1n) is 8.67. The molecular formula is C17H20N6O5S. The first-order valence-corrected chi connectivity index (χ1v) is 10.2. The Morgan fingerprint density at radius 3 is 2.41 bits per heavy atom. The van der Waals surface area contributed by atoms with Gasteiger partial charge in [0.15, 0.2) is 5.03 Å². The van der Waals surface area contributed by atoms with Crippen molar-refractivity contribution in [2.45, 2.75) is 18.4 Å². The summed E-state index contributed by atoms with van der Waals surface area (Å²) in [5.74, 6) is -0.751. The van der Waals surface area contributed by atoms with Crippen molar-refractivity contribution in [3.8, 4) is 0 Å². The van der Waals surface area contributed by atoms with E-state index in [9.17, 15) is 22.8 Å². The molecule has 1 fully saturated rings. The summed E-state index contributed by atoms with van der Waals surface area (Å²) >= 11 is 0. The quantitative estimate of drug-likeness (QED) is 0.554. The predicted octanol–water partition coefficient (Wildman–Crippen LogP) is 0.410. The second-order valence-corrected chi connectivity index (χ2v) is 8.04. The van der Waals surface area contributed by atoms with E-state index in [4.69, 9.17) is 0 Å². The van der Waals surface area contributed by atoms with E-state index < -0.39 is 16.1 Å². The smallest absolute Gasteiger partial charge is 0.324 e. The number of amides is 4. The molecule has 0 aliphatic carbocycles. The Bertz CT molecular complexity index is 1020. The van der Waals surface area contributed by atoms with Crippen LogP contribution in [0.5, 0.6) is 0 Å². The molecule has 1 aliphatic rings. The minimum absolute atomic E-state index is 0.0154. The number of hydrogen-bond donors (Lipinski definition) is 3. The van der Waals surface area contributed by atoms with Crippen LogP contribution in [0, 0.1) is 6.92 Å². The summed E-state index contributed by atoms with van der Waals surface area (Å²) in [7, 11) is -2.27. The number of sulfonamides is 1. The molecule has 2 aromatic rings. The maximum atomic E-state index is 12.5. The van der Waals surface area contributed by atoms with Gasteiger partial charge in [0.25, 0.3) is 10.0 Å². The van der Waals surface area contributed by atoms with Gasteiger partial charge >= 0.3 is 6.03 Å². The van der Waals surface area contributed by atoms with Crippen LogP contribution in [-0.2, 0) is 26.7 Å². The van der Waals surface area contributed by atoms with Gasteiger partial charge in [0.1, 0.15) is 0 Å². The number of aromatic nitrogens is 2. The third-order valence-electron chi connectivity index (χ3n) is 4.23. The van der Waals surface area contributed by atoms with E-state index in [1.165, 1.54) is 23.0 Å². The molecule has 0 unspecified atom stereocenters. The molecule has 1 saturated heterocycles. The number of aryl methyl sites for hydroxylation is 2. The minimum atomic E-state index is -3.81. The van der Waals surface area contributed by atoms with Gasteiger partial charge in [-0.3, -0.25) is 23.9 Å². The molecular weight excluding hydrogens is 400 g/mol. The predicted molar refractivity (Wildman–Crippen MR) is 104 cm³/mol. The molecule has 4 amide bonds. The van der Waals surface area contributed by atoms with Crippen molar-refractivity contribution >= 4 is 39.2 Å². The van der Waals surface area contributed by atoms with Crippen LogP contribution in [0.25, 0.3) is 0 Å². The number of urea groups is 1. The Morgan fingerprint density at radius 1 is 1.21 bits per heavy atom. The zero-order valence-corrected chi connectivity index (χ0v) is 16.6. The van der Waals surface area contributed by atoms with Crippen molar-refractivity contribution in [2.75, 3.05) is 23.1 Å². The van der Waals surface area contributed by atoms with Gasteiger partial charge in [-0.1, -0.05) is 0 Å². The summed E-state index contributed by atoms with van der Waals surface area (Å²) in [6, 6.07) is 5.59. The first-order chi connectivity index (χ1) is 13.7. The van der Waals surface area contributed by atoms with Gasteiger partial charge in [-0.05, 0) is 31.2 Å². The van der Waals surface area contributed by atoms with Gasteiger partial charge in [0.2, 0.25) is 11.8 Å². The minimum Gasteiger partial charge on any atom is -0.329 e. The van der Waals surface area contributed by atoms with Crippen LogP contribution >= 0.6 is 0 Å². The summed E-state index contributed by atoms with van der Waals surface area (Å²) in [6.45, 7) is 1.58. The van der Waals surface area contributed by atoms with Crippen molar-refractivity contribution < 1.29 is 22.8 Å². The molecule has 11 nitrogen and oxygen atoms in total. The number of nitrogens with zero attached hydrogens (tertiary/aromatic N) is 3. The average molecular weight is 420 g/mol. The molecule has 12 heteroatoms. The summed E-state index contributed by atoms with van der Waals surface area (Å²) in [4.78, 5) is 35.9. The molecule has 0 atom stereocenters. The Labute approximate surface area is 167 Å². The Balaban J connectivity index is 1.58. The van der Waals surface area contributed by atoms with Crippen molar-refractivity contribution in [1.82, 2.24) is 20.0 Å². The van der Waals surface area contributed by atoms with Gasteiger partial charge in [0, 0.05) is 37.0 Å². The van der Waals surface area contributed by atoms with Gasteiger partial charge in [-0.15, -0.1) is 0 Å². The van der Waals surface area contributed by atoms with Crippen LogP contribution in [0.1, 0.15) is 12.0 Å². The number of imide groups is 1. The van der Waals surface area contributed by atoms with Crippen LogP contribution in [0.3, 0.4) is 0 Å². The summed E-state index contributed by atoms with van der Waals surface area (Å²) in [6.07, 6.45) is 1.42. The molecule has 0 radical (unpaired) electrons. The van der Waals surface area contributed by atoms with Gasteiger partial charge in [-0.2, -0.15) is 13.5 Å². The van der Waals surface area contributed by atoms with Gasteiger partial charge < -0.3 is 10.6 Å². The third kappa shape index (κ3) is 4.54. The average Bonchev–Trinajstić information content (AvgIpc) is 3.16. The fourth-order valence-corrected chi connectivity index (χ4v) is 4.28. The lowest BCUT2D eigenvalue weighted by molar-refractivity contribution is -0.125. The number of benzene rings is 1. The number of rotatable bonds is 7. The maximum Gasteiger partial charge on any atom is 0.324 e. The largest absolute Gasteiger partial charge is 0.329 e. The first kappa shape index (κ1) is 20.3. The Morgan fingerprint density at radius 2 is 1.86 bits per heavy atom. The maximum absolute atomic E-state index is 12.5. The highest BCUT2D eigenvalue weighted by atomic mass is 32.2. The lowest BCUT2D eigenvalue weighted by Crippen LogP contribution is -2.33. The van der Waals surface area contributed by atoms with E-state index in [1.54, 1.807) is 26.1 Å². The second-order valence-electron chi connectivity index (χ2n) is 6.44. The molecule has 1 aliphatic heterocycles. The van der Waals surface area contributed by atoms with Crippen LogP contribution < -0.4 is 15.4 Å². The lowest BCUT2D eigenvalue weighted by atomic mass is 10.2. The van der Waals surface area contributed by atoms with E-state index in [2.05, 4.69) is 20.5 Å². The van der Waals surface area contributed by atoms with Crippen molar-refractivity contribution in [2.24, 2.45) is 7.05 Å². The molecule has 29 heavy (non-hydrogen) atoms. The topological polar surface area (TPSA) is 142 Å². The van der Waals surface area contributed by atoms with Crippen molar-refractivity contribution in [1.29, 1.82) is 0 Å². The fraction of sp³-hybridized carbons (Fsp3) is 0.294. The normalized spacial score (nSPS) is 14.1. The zero-order chi connectivity index (χ0) is 21.2. The van der Waals surface area contributed by atoms with Gasteiger partial charge in [-0.25, -0.2) is 4.79 Å². The summed E-state index contributed by atoms with van der Waals surface area (Å²) in [5, 5.41) is 9.00. The highest BCUT2D eigenvalue weighted by Gasteiger charge is 2.28. The summed E-state index contributed by atoms with van der Waals surface area (Å²) < 4.78 is 28.8. The highest BCUT2D eigenvalue weighted by Crippen LogP contribution is 2.20. The molecule has 3 N–H and O–H groups in total. The van der Waals surface area contributed by atoms with E-state index in [-0.39, 0.29) is 36.4 Å². The lowest BCUT2D eigenvalue weighted by Gasteiger charge is -2.12. The molecule has 1 aromatic heterocycles. The van der Waals surface area contributed by atoms with Gasteiger partial charge in [0.05, 0.1) is 12.7 Å². The standard InChI is InChI=1S/C17H20N6O5S/c1-11-9-19-22(2)16(11)29(27,28)21-13-5-3-12(4-6-13)20-14(24)7-8-23-15(25)10-18-17(23)26/h3-6,9,21H,7-8,10H2,1-2H3,(H,18,26)(H,20,24). The van der Waals surface area contributed by atoms with Crippen LogP contribution in [0.4, 0.5) is 16.2 Å². The molecule has 1 aromatic carbocycles. The van der Waals surface area contributed by atoms with E-state index in [1.807, 2.05) is 0 Å². The SMILES string of the molecule is Cc1cnn(C)c1S(=O)(=O)Nc1ccc(NC(=O)CCN2C(=O)CNC2=O)cc1. The molecule has 0 bridgehead atoms. The number of nitrogens with one attached hydrogen (secondary N) is 3. The zero-order valence-electron chi connectivity index (χ0n) is 15.8. The highest BCUT2D eigenvalue weighted by molar-refractivity contribution is 7.92. The molecule has 0 spiro atoms. The second kappa shape index (κ2) is 7.91. The van der Waals surface area contributed by atoms with Crippen LogP contribution in [0.15, 0.2) is 35.5 Å². The monoisotopic (exact) mass is 420 g/mol. The molecule has 2 heterocycles. The van der Waals surface area contributed by atoms with E-state index in [0.29, 0.717) is 16.9 Å². The Hall–Kier alpha value is -3.41. The summed E-state index contributed by atoms with van der Waals surface area (Å²) in [5.41, 5.74) is 1.30. The van der Waals surface area contributed by atoms with E-state index >= 15 is 0 Å². The fourth-order valence-electron chi connectivity index (χ4n) is 2.87. The molecule has 3 rings (SSSR count). The third-order valence-corrected chi connectivity index (χ3v) is 5.83. The van der Waals surface area contributed by atoms with E-state index in [0.717, 1.165) is 4.90 Å². The Kier molecular flexibility index (Phi) is 5.55. The number of anilines is 2. The van der Waals surface area contributed by atoms with Crippen molar-refractivity contribution in [3.63, 3.8) is 0 Å². The van der Waals surface area contributed by atoms with Crippen LogP contribution in [-0.4, -0.2) is 54.0 Å².